The third kappa shape index (κ3) is 5.82. The van der Waals surface area contributed by atoms with Crippen molar-refractivity contribution < 1.29 is 19.0 Å². The Morgan fingerprint density at radius 1 is 1.10 bits per heavy atom. The summed E-state index contributed by atoms with van der Waals surface area (Å²) in [6.45, 7) is 4.10. The molecule has 10 heteroatoms. The molecule has 5 rings (SSSR count). The predicted molar refractivity (Wildman–Crippen MR) is 161 cm³/mol. The molecule has 4 aromatic rings. The zero-order chi connectivity index (χ0) is 29.6. The number of para-hydroxylation sites is 1. The number of amides is 1. The highest BCUT2D eigenvalue weighted by Crippen LogP contribution is 2.32. The fraction of sp³-hybridized carbons (Fsp3) is 0.188. The molecule has 3 aromatic carbocycles. The fourth-order valence-electron chi connectivity index (χ4n) is 4.71. The average Bonchev–Trinajstić information content (AvgIpc) is 3.30. The van der Waals surface area contributed by atoms with Crippen LogP contribution >= 0.6 is 11.3 Å². The second-order valence-corrected chi connectivity index (χ2v) is 10.3. The van der Waals surface area contributed by atoms with Crippen molar-refractivity contribution in [2.24, 2.45) is 4.99 Å². The Labute approximate surface area is 246 Å². The number of ether oxygens (including phenoxy) is 3. The summed E-state index contributed by atoms with van der Waals surface area (Å²) >= 11 is 1.24. The Balaban J connectivity index is 1.62. The maximum atomic E-state index is 14.0. The SMILES string of the molecule is CCOc1ccc([C@H]2C(C(=O)Nc3ccccc3)=C(C)N=c3s/c(=C\c4ccc(OCC#N)c(OC)c4)c(=O)n32)cc1. The second kappa shape index (κ2) is 12.6. The van der Waals surface area contributed by atoms with Crippen LogP contribution < -0.4 is 34.4 Å². The number of fused-ring (bicyclic) bond motifs is 1. The van der Waals surface area contributed by atoms with E-state index in [1.54, 1.807) is 47.9 Å². The van der Waals surface area contributed by atoms with Gasteiger partial charge in [0.2, 0.25) is 0 Å². The number of nitrogens with zero attached hydrogens (tertiary/aromatic N) is 3. The molecule has 212 valence electrons. The average molecular weight is 581 g/mol. The minimum absolute atomic E-state index is 0.112. The lowest BCUT2D eigenvalue weighted by Crippen LogP contribution is -2.40. The standard InChI is InChI=1S/C32H28N4O5S/c1-4-40-24-13-11-22(12-14-24)29-28(30(37)35-23-8-6-5-7-9-23)20(2)34-32-36(29)31(38)27(42-32)19-21-10-15-25(41-17-16-33)26(18-21)39-3/h5-15,18-19,29H,4,17H2,1-3H3,(H,35,37)/b27-19-/t29-/m0/s1. The van der Waals surface area contributed by atoms with Crippen molar-refractivity contribution >= 4 is 29.0 Å². The van der Waals surface area contributed by atoms with Gasteiger partial charge in [0.1, 0.15) is 11.8 Å². The van der Waals surface area contributed by atoms with Crippen molar-refractivity contribution in [1.82, 2.24) is 4.57 Å². The van der Waals surface area contributed by atoms with E-state index in [0.717, 1.165) is 5.56 Å². The molecule has 9 nitrogen and oxygen atoms in total. The van der Waals surface area contributed by atoms with Gasteiger partial charge in [-0.3, -0.25) is 14.2 Å². The molecule has 0 saturated heterocycles. The van der Waals surface area contributed by atoms with E-state index in [0.29, 0.717) is 55.7 Å². The lowest BCUT2D eigenvalue weighted by atomic mass is 9.95. The van der Waals surface area contributed by atoms with Gasteiger partial charge in [0.05, 0.1) is 35.6 Å². The van der Waals surface area contributed by atoms with Crippen LogP contribution in [0.4, 0.5) is 5.69 Å². The molecule has 42 heavy (non-hydrogen) atoms. The van der Waals surface area contributed by atoms with Crippen LogP contribution in [-0.4, -0.2) is 30.8 Å². The largest absolute Gasteiger partial charge is 0.494 e. The molecule has 1 atom stereocenters. The molecule has 1 aliphatic rings. The van der Waals surface area contributed by atoms with E-state index in [4.69, 9.17) is 24.5 Å². The number of carbonyl (C=O) groups is 1. The first kappa shape index (κ1) is 28.4. The minimum atomic E-state index is -0.709. The molecule has 1 N–H and O–H groups in total. The monoisotopic (exact) mass is 580 g/mol. The number of nitrogens with one attached hydrogen (secondary N) is 1. The molecular formula is C32H28N4O5S. The van der Waals surface area contributed by atoms with Gasteiger partial charge >= 0.3 is 0 Å². The molecule has 0 saturated carbocycles. The van der Waals surface area contributed by atoms with Crippen molar-refractivity contribution in [3.8, 4) is 23.3 Å². The third-order valence-corrected chi connectivity index (χ3v) is 7.57. The number of nitriles is 1. The van der Waals surface area contributed by atoms with E-state index < -0.39 is 6.04 Å². The summed E-state index contributed by atoms with van der Waals surface area (Å²) in [6, 6.07) is 23.0. The molecule has 2 heterocycles. The Hall–Kier alpha value is -5.14. The van der Waals surface area contributed by atoms with E-state index in [2.05, 4.69) is 5.32 Å². The smallest absolute Gasteiger partial charge is 0.271 e. The van der Waals surface area contributed by atoms with Crippen molar-refractivity contribution in [3.05, 3.63) is 115 Å². The zero-order valence-corrected chi connectivity index (χ0v) is 24.1. The lowest BCUT2D eigenvalue weighted by Gasteiger charge is -2.25. The van der Waals surface area contributed by atoms with Crippen molar-refractivity contribution in [1.29, 1.82) is 5.26 Å². The highest BCUT2D eigenvalue weighted by Gasteiger charge is 2.32. The first-order valence-electron chi connectivity index (χ1n) is 13.2. The van der Waals surface area contributed by atoms with Gasteiger partial charge in [-0.1, -0.05) is 47.7 Å². The summed E-state index contributed by atoms with van der Waals surface area (Å²) in [6.07, 6.45) is 1.75. The molecular weight excluding hydrogens is 552 g/mol. The van der Waals surface area contributed by atoms with Crippen LogP contribution in [0.5, 0.6) is 17.2 Å². The van der Waals surface area contributed by atoms with Crippen LogP contribution in [0.2, 0.25) is 0 Å². The van der Waals surface area contributed by atoms with Gasteiger partial charge in [-0.05, 0) is 67.4 Å². The first-order chi connectivity index (χ1) is 20.4. The number of hydrogen-bond donors (Lipinski definition) is 1. The molecule has 1 amide bonds. The quantitative estimate of drug-likeness (QED) is 0.318. The Morgan fingerprint density at radius 3 is 2.55 bits per heavy atom. The van der Waals surface area contributed by atoms with Crippen molar-refractivity contribution in [3.63, 3.8) is 0 Å². The molecule has 0 bridgehead atoms. The topological polar surface area (TPSA) is 115 Å². The summed E-state index contributed by atoms with van der Waals surface area (Å²) in [4.78, 5) is 32.9. The van der Waals surface area contributed by atoms with Crippen LogP contribution in [0.1, 0.15) is 31.0 Å². The maximum absolute atomic E-state index is 14.0. The van der Waals surface area contributed by atoms with Crippen LogP contribution in [0.3, 0.4) is 0 Å². The second-order valence-electron chi connectivity index (χ2n) is 9.26. The Bertz CT molecular complexity index is 1870. The summed E-state index contributed by atoms with van der Waals surface area (Å²) in [7, 11) is 1.51. The minimum Gasteiger partial charge on any atom is -0.494 e. The van der Waals surface area contributed by atoms with Gasteiger partial charge in [0.15, 0.2) is 22.9 Å². The van der Waals surface area contributed by atoms with E-state index in [-0.39, 0.29) is 18.1 Å². The van der Waals surface area contributed by atoms with Gasteiger partial charge in [-0.25, -0.2) is 4.99 Å². The van der Waals surface area contributed by atoms with Gasteiger partial charge in [0, 0.05) is 5.69 Å². The van der Waals surface area contributed by atoms with Crippen LogP contribution in [0.15, 0.2) is 93.9 Å². The van der Waals surface area contributed by atoms with E-state index in [1.807, 2.05) is 55.5 Å². The van der Waals surface area contributed by atoms with Gasteiger partial charge in [0.25, 0.3) is 11.5 Å². The van der Waals surface area contributed by atoms with Crippen molar-refractivity contribution in [2.75, 3.05) is 25.6 Å². The Kier molecular flexibility index (Phi) is 8.50. The van der Waals surface area contributed by atoms with Crippen LogP contribution in [-0.2, 0) is 4.79 Å². The summed E-state index contributed by atoms with van der Waals surface area (Å²) in [5.74, 6) is 1.22. The number of thiazole rings is 1. The van der Waals surface area contributed by atoms with Gasteiger partial charge in [-0.15, -0.1) is 0 Å². The molecule has 0 spiro atoms. The number of hydrogen-bond acceptors (Lipinski definition) is 8. The molecule has 0 fully saturated rings. The maximum Gasteiger partial charge on any atom is 0.271 e. The third-order valence-electron chi connectivity index (χ3n) is 6.58. The number of benzene rings is 3. The highest BCUT2D eigenvalue weighted by atomic mass is 32.1. The lowest BCUT2D eigenvalue weighted by molar-refractivity contribution is -0.113. The van der Waals surface area contributed by atoms with Crippen LogP contribution in [0, 0.1) is 11.3 Å². The zero-order valence-electron chi connectivity index (χ0n) is 23.3. The predicted octanol–water partition coefficient (Wildman–Crippen LogP) is 4.18. The molecule has 1 aromatic heterocycles. The molecule has 0 aliphatic carbocycles. The van der Waals surface area contributed by atoms with E-state index in [1.165, 1.54) is 18.4 Å². The number of carbonyl (C=O) groups excluding carboxylic acids is 1. The normalized spacial score (nSPS) is 14.4. The van der Waals surface area contributed by atoms with Crippen molar-refractivity contribution in [2.45, 2.75) is 19.9 Å². The molecule has 1 aliphatic heterocycles. The number of rotatable bonds is 9. The number of methoxy groups -OCH3 is 1. The number of allylic oxidation sites excluding steroid dienone is 1. The molecule has 0 unspecified atom stereocenters. The highest BCUT2D eigenvalue weighted by molar-refractivity contribution is 7.07. The van der Waals surface area contributed by atoms with Gasteiger partial charge in [-0.2, -0.15) is 5.26 Å². The fourth-order valence-corrected chi connectivity index (χ4v) is 5.76. The molecule has 0 radical (unpaired) electrons. The summed E-state index contributed by atoms with van der Waals surface area (Å²) in [5.41, 5.74) is 2.72. The van der Waals surface area contributed by atoms with Gasteiger partial charge < -0.3 is 19.5 Å². The summed E-state index contributed by atoms with van der Waals surface area (Å²) in [5, 5.41) is 11.8. The number of aromatic nitrogens is 1. The number of anilines is 1. The Morgan fingerprint density at radius 2 is 1.86 bits per heavy atom. The van der Waals surface area contributed by atoms with Crippen LogP contribution in [0.25, 0.3) is 6.08 Å². The summed E-state index contributed by atoms with van der Waals surface area (Å²) < 4.78 is 18.5. The first-order valence-corrected chi connectivity index (χ1v) is 14.0. The van der Waals surface area contributed by atoms with E-state index >= 15 is 0 Å². The van der Waals surface area contributed by atoms with E-state index in [9.17, 15) is 9.59 Å².